The maximum atomic E-state index is 12.7. The standard InChI is InChI=1S/C14H18F3NO2/c1-9-3-4-10(2)18(9)11-5-6-13(7-11,12(19)20)8-14(15,16)17/h3-4,11H,5-8H2,1-2H3,(H,19,20)/t11-,13+/m1/s1. The van der Waals surface area contributed by atoms with E-state index >= 15 is 0 Å². The maximum absolute atomic E-state index is 12.7. The largest absolute Gasteiger partial charge is 0.481 e. The third-order valence-electron chi connectivity index (χ3n) is 4.27. The summed E-state index contributed by atoms with van der Waals surface area (Å²) in [7, 11) is 0. The zero-order valence-electron chi connectivity index (χ0n) is 11.5. The number of alkyl halides is 3. The van der Waals surface area contributed by atoms with Crippen LogP contribution < -0.4 is 0 Å². The van der Waals surface area contributed by atoms with Crippen LogP contribution in [-0.2, 0) is 4.79 Å². The first-order valence-corrected chi connectivity index (χ1v) is 6.59. The van der Waals surface area contributed by atoms with Gasteiger partial charge >= 0.3 is 12.1 Å². The molecule has 112 valence electrons. The second kappa shape index (κ2) is 4.82. The van der Waals surface area contributed by atoms with Crippen LogP contribution in [-0.4, -0.2) is 21.8 Å². The molecular formula is C14H18F3NO2. The number of aryl methyl sites for hydroxylation is 2. The number of carboxylic acids is 1. The quantitative estimate of drug-likeness (QED) is 0.918. The lowest BCUT2D eigenvalue weighted by atomic mass is 9.82. The van der Waals surface area contributed by atoms with Gasteiger partial charge in [-0.25, -0.2) is 0 Å². The molecule has 1 aromatic rings. The number of carbonyl (C=O) groups is 1. The number of hydrogen-bond donors (Lipinski definition) is 1. The van der Waals surface area contributed by atoms with Crippen LogP contribution in [0.15, 0.2) is 12.1 Å². The fourth-order valence-corrected chi connectivity index (χ4v) is 3.39. The summed E-state index contributed by atoms with van der Waals surface area (Å²) in [6, 6.07) is 3.64. The van der Waals surface area contributed by atoms with Crippen molar-refractivity contribution < 1.29 is 23.1 Å². The summed E-state index contributed by atoms with van der Waals surface area (Å²) in [6.45, 7) is 3.77. The molecule has 0 amide bonds. The number of rotatable bonds is 3. The Morgan fingerprint density at radius 1 is 1.40 bits per heavy atom. The summed E-state index contributed by atoms with van der Waals surface area (Å²) in [5, 5.41) is 9.27. The molecule has 6 heteroatoms. The first-order chi connectivity index (χ1) is 9.15. The van der Waals surface area contributed by atoms with Gasteiger partial charge in [0.2, 0.25) is 0 Å². The van der Waals surface area contributed by atoms with Gasteiger partial charge in [-0.2, -0.15) is 13.2 Å². The highest BCUT2D eigenvalue weighted by Crippen LogP contribution is 2.50. The van der Waals surface area contributed by atoms with E-state index in [1.807, 2.05) is 30.5 Å². The van der Waals surface area contributed by atoms with Crippen molar-refractivity contribution in [1.82, 2.24) is 4.57 Å². The smallest absolute Gasteiger partial charge is 0.390 e. The van der Waals surface area contributed by atoms with Gasteiger partial charge in [0.1, 0.15) is 0 Å². The first kappa shape index (κ1) is 14.9. The Morgan fingerprint density at radius 3 is 2.40 bits per heavy atom. The molecule has 2 rings (SSSR count). The van der Waals surface area contributed by atoms with Crippen molar-refractivity contribution in [3.63, 3.8) is 0 Å². The van der Waals surface area contributed by atoms with Crippen molar-refractivity contribution >= 4 is 5.97 Å². The number of hydrogen-bond acceptors (Lipinski definition) is 1. The zero-order chi connectivity index (χ0) is 15.1. The fraction of sp³-hybridized carbons (Fsp3) is 0.643. The molecule has 0 spiro atoms. The van der Waals surface area contributed by atoms with Crippen LogP contribution in [0.5, 0.6) is 0 Å². The predicted octanol–water partition coefficient (Wildman–Crippen LogP) is 3.85. The minimum atomic E-state index is -4.45. The summed E-state index contributed by atoms with van der Waals surface area (Å²) < 4.78 is 40.0. The molecule has 1 aliphatic rings. The van der Waals surface area contributed by atoms with E-state index in [-0.39, 0.29) is 18.9 Å². The van der Waals surface area contributed by atoms with Gasteiger partial charge in [0, 0.05) is 17.4 Å². The van der Waals surface area contributed by atoms with Gasteiger partial charge < -0.3 is 9.67 Å². The SMILES string of the molecule is Cc1ccc(C)n1[C@@H]1CC[C@](CC(F)(F)F)(C(=O)O)C1. The van der Waals surface area contributed by atoms with Crippen molar-refractivity contribution in [2.75, 3.05) is 0 Å². The lowest BCUT2D eigenvalue weighted by Gasteiger charge is -2.26. The Labute approximate surface area is 115 Å². The molecule has 0 radical (unpaired) electrons. The summed E-state index contributed by atoms with van der Waals surface area (Å²) in [6.07, 6.45) is -5.11. The minimum Gasteiger partial charge on any atom is -0.481 e. The van der Waals surface area contributed by atoms with E-state index in [9.17, 15) is 23.1 Å². The highest BCUT2D eigenvalue weighted by molar-refractivity contribution is 5.75. The third kappa shape index (κ3) is 2.69. The van der Waals surface area contributed by atoms with E-state index in [0.717, 1.165) is 11.4 Å². The number of aromatic nitrogens is 1. The van der Waals surface area contributed by atoms with Crippen LogP contribution >= 0.6 is 0 Å². The van der Waals surface area contributed by atoms with E-state index in [4.69, 9.17) is 0 Å². The predicted molar refractivity (Wildman–Crippen MR) is 67.5 cm³/mol. The molecule has 1 saturated carbocycles. The van der Waals surface area contributed by atoms with E-state index < -0.39 is 24.0 Å². The topological polar surface area (TPSA) is 42.2 Å². The zero-order valence-corrected chi connectivity index (χ0v) is 11.5. The van der Waals surface area contributed by atoms with Gasteiger partial charge in [0.15, 0.2) is 0 Å². The van der Waals surface area contributed by atoms with Gasteiger partial charge in [0.05, 0.1) is 11.8 Å². The molecule has 20 heavy (non-hydrogen) atoms. The van der Waals surface area contributed by atoms with Crippen LogP contribution in [0, 0.1) is 19.3 Å². The Morgan fingerprint density at radius 2 is 1.95 bits per heavy atom. The maximum Gasteiger partial charge on any atom is 0.390 e. The number of halogens is 3. The Bertz CT molecular complexity index is 501. The van der Waals surface area contributed by atoms with Crippen molar-refractivity contribution in [1.29, 1.82) is 0 Å². The number of carboxylic acid groups (broad SMARTS) is 1. The Hall–Kier alpha value is -1.46. The van der Waals surface area contributed by atoms with Gasteiger partial charge in [-0.05, 0) is 45.2 Å². The first-order valence-electron chi connectivity index (χ1n) is 6.59. The molecule has 1 fully saturated rings. The molecule has 1 aliphatic carbocycles. The molecule has 1 N–H and O–H groups in total. The van der Waals surface area contributed by atoms with Crippen LogP contribution in [0.4, 0.5) is 13.2 Å². The van der Waals surface area contributed by atoms with E-state index in [1.165, 1.54) is 0 Å². The van der Waals surface area contributed by atoms with Crippen molar-refractivity contribution in [2.24, 2.45) is 5.41 Å². The molecule has 1 heterocycles. The molecule has 0 saturated heterocycles. The average Bonchev–Trinajstić information content (AvgIpc) is 2.82. The summed E-state index contributed by atoms with van der Waals surface area (Å²) in [4.78, 5) is 11.4. The minimum absolute atomic E-state index is 0.0399. The molecule has 0 bridgehead atoms. The second-order valence-electron chi connectivity index (χ2n) is 5.76. The van der Waals surface area contributed by atoms with E-state index in [2.05, 4.69) is 0 Å². The monoisotopic (exact) mass is 289 g/mol. The van der Waals surface area contributed by atoms with Crippen molar-refractivity contribution in [3.05, 3.63) is 23.5 Å². The van der Waals surface area contributed by atoms with Crippen molar-refractivity contribution in [3.8, 4) is 0 Å². The van der Waals surface area contributed by atoms with Gasteiger partial charge in [-0.1, -0.05) is 0 Å². The van der Waals surface area contributed by atoms with Gasteiger partial charge in [-0.3, -0.25) is 4.79 Å². The van der Waals surface area contributed by atoms with Crippen LogP contribution in [0.2, 0.25) is 0 Å². The lowest BCUT2D eigenvalue weighted by Crippen LogP contribution is -2.34. The molecule has 2 atom stereocenters. The number of nitrogens with zero attached hydrogens (tertiary/aromatic N) is 1. The normalized spacial score (nSPS) is 26.9. The molecule has 0 aromatic carbocycles. The van der Waals surface area contributed by atoms with Crippen LogP contribution in [0.3, 0.4) is 0 Å². The average molecular weight is 289 g/mol. The third-order valence-corrected chi connectivity index (χ3v) is 4.27. The second-order valence-corrected chi connectivity index (χ2v) is 5.76. The summed E-state index contributed by atoms with van der Waals surface area (Å²) >= 11 is 0. The summed E-state index contributed by atoms with van der Waals surface area (Å²) in [5.74, 6) is -1.33. The highest BCUT2D eigenvalue weighted by Gasteiger charge is 2.52. The molecule has 0 unspecified atom stereocenters. The molecule has 0 aliphatic heterocycles. The van der Waals surface area contributed by atoms with E-state index in [0.29, 0.717) is 6.42 Å². The van der Waals surface area contributed by atoms with Crippen LogP contribution in [0.1, 0.15) is 43.1 Å². The van der Waals surface area contributed by atoms with Crippen LogP contribution in [0.25, 0.3) is 0 Å². The van der Waals surface area contributed by atoms with E-state index in [1.54, 1.807) is 0 Å². The highest BCUT2D eigenvalue weighted by atomic mass is 19.4. The summed E-state index contributed by atoms with van der Waals surface area (Å²) in [5.41, 5.74) is 0.243. The van der Waals surface area contributed by atoms with Gasteiger partial charge in [0.25, 0.3) is 0 Å². The number of aliphatic carboxylic acids is 1. The Balaban J connectivity index is 2.27. The van der Waals surface area contributed by atoms with Gasteiger partial charge in [-0.15, -0.1) is 0 Å². The molecular weight excluding hydrogens is 271 g/mol. The molecule has 1 aromatic heterocycles. The lowest BCUT2D eigenvalue weighted by molar-refractivity contribution is -0.178. The Kier molecular flexibility index (Phi) is 3.60. The van der Waals surface area contributed by atoms with Crippen molar-refractivity contribution in [2.45, 2.75) is 51.7 Å². The molecule has 3 nitrogen and oxygen atoms in total. The fourth-order valence-electron chi connectivity index (χ4n) is 3.39.